The van der Waals surface area contributed by atoms with Gasteiger partial charge in [0.05, 0.1) is 11.0 Å². The van der Waals surface area contributed by atoms with Crippen LogP contribution < -0.4 is 0 Å². The summed E-state index contributed by atoms with van der Waals surface area (Å²) < 4.78 is 4.02. The zero-order chi connectivity index (χ0) is 21.1. The number of fused-ring (bicyclic) bond motifs is 6. The first-order valence-corrected chi connectivity index (χ1v) is 10.3. The normalized spacial score (nSPS) is 11.8. The quantitative estimate of drug-likeness (QED) is 0.405. The van der Waals surface area contributed by atoms with E-state index in [1.807, 2.05) is 45.5 Å². The van der Waals surface area contributed by atoms with Crippen LogP contribution in [0.4, 0.5) is 0 Å². The Balaban J connectivity index is 1.71. The van der Waals surface area contributed by atoms with Crippen LogP contribution in [0, 0.1) is 0 Å². The molecule has 0 aliphatic heterocycles. The summed E-state index contributed by atoms with van der Waals surface area (Å²) >= 11 is 0. The molecule has 0 bridgehead atoms. The van der Waals surface area contributed by atoms with Gasteiger partial charge in [0.15, 0.2) is 11.3 Å². The number of benzene rings is 2. The molecule has 0 atom stereocenters. The molecule has 0 unspecified atom stereocenters. The second-order valence-corrected chi connectivity index (χ2v) is 7.53. The van der Waals surface area contributed by atoms with Gasteiger partial charge >= 0.3 is 0 Å². The molecule has 0 saturated heterocycles. The Morgan fingerprint density at radius 1 is 0.469 bits per heavy atom. The fourth-order valence-corrected chi connectivity index (χ4v) is 4.47. The van der Waals surface area contributed by atoms with Gasteiger partial charge in [0.2, 0.25) is 11.9 Å². The molecule has 7 rings (SSSR count). The topological polar surface area (TPSA) is 74.3 Å². The summed E-state index contributed by atoms with van der Waals surface area (Å²) in [6, 6.07) is 22.3. The van der Waals surface area contributed by atoms with Crippen molar-refractivity contribution in [1.29, 1.82) is 0 Å². The van der Waals surface area contributed by atoms with Gasteiger partial charge in [-0.1, -0.05) is 36.4 Å². The van der Waals surface area contributed by atoms with Crippen molar-refractivity contribution in [2.75, 3.05) is 0 Å². The first-order valence-electron chi connectivity index (χ1n) is 10.3. The van der Waals surface area contributed by atoms with Crippen LogP contribution in [0.1, 0.15) is 0 Å². The summed E-state index contributed by atoms with van der Waals surface area (Å²) in [6.45, 7) is 0. The molecule has 0 N–H and O–H groups in total. The van der Waals surface area contributed by atoms with Crippen LogP contribution in [0.15, 0.2) is 91.5 Å². The van der Waals surface area contributed by atoms with Gasteiger partial charge in [-0.25, -0.2) is 24.9 Å². The molecule has 150 valence electrons. The predicted molar refractivity (Wildman–Crippen MR) is 124 cm³/mol. The summed E-state index contributed by atoms with van der Waals surface area (Å²) in [5.74, 6) is 1.17. The van der Waals surface area contributed by atoms with Crippen molar-refractivity contribution in [3.8, 4) is 11.9 Å². The van der Waals surface area contributed by atoms with Crippen molar-refractivity contribution in [1.82, 2.24) is 34.1 Å². The van der Waals surface area contributed by atoms with Gasteiger partial charge in [-0.3, -0.25) is 9.13 Å². The molecular weight excluding hydrogens is 398 g/mol. The van der Waals surface area contributed by atoms with Crippen LogP contribution in [0.25, 0.3) is 55.8 Å². The number of hydrogen-bond acceptors (Lipinski definition) is 5. The van der Waals surface area contributed by atoms with Gasteiger partial charge in [0, 0.05) is 46.3 Å². The van der Waals surface area contributed by atoms with Gasteiger partial charge in [0.1, 0.15) is 0 Å². The van der Waals surface area contributed by atoms with Gasteiger partial charge in [-0.05, 0) is 30.3 Å². The number of pyridine rings is 1. The minimum absolute atomic E-state index is 0.587. The molecule has 2 aromatic carbocycles. The molecule has 7 nitrogen and oxygen atoms in total. The van der Waals surface area contributed by atoms with Crippen molar-refractivity contribution >= 4 is 43.9 Å². The van der Waals surface area contributed by atoms with E-state index in [9.17, 15) is 0 Å². The molecule has 0 amide bonds. The van der Waals surface area contributed by atoms with Gasteiger partial charge < -0.3 is 0 Å². The molecule has 0 radical (unpaired) electrons. The van der Waals surface area contributed by atoms with E-state index in [0.717, 1.165) is 43.9 Å². The van der Waals surface area contributed by atoms with E-state index in [1.165, 1.54) is 0 Å². The summed E-state index contributed by atoms with van der Waals surface area (Å²) in [5, 5.41) is 4.32. The highest BCUT2D eigenvalue weighted by atomic mass is 15.2. The standard InChI is InChI=1S/C25H15N7/c1-3-9-20-16(7-1)18-15-19-17-8-2-4-10-21(17)32(25-28-13-6-14-29-25)23(19)30-22(18)31(20)24-26-11-5-12-27-24/h1-15H. The van der Waals surface area contributed by atoms with Gasteiger partial charge in [0.25, 0.3) is 0 Å². The lowest BCUT2D eigenvalue weighted by atomic mass is 10.1. The third-order valence-corrected chi connectivity index (χ3v) is 5.78. The van der Waals surface area contributed by atoms with E-state index in [4.69, 9.17) is 4.98 Å². The zero-order valence-corrected chi connectivity index (χ0v) is 16.8. The Morgan fingerprint density at radius 3 is 1.38 bits per heavy atom. The van der Waals surface area contributed by atoms with Crippen LogP contribution in [0.2, 0.25) is 0 Å². The van der Waals surface area contributed by atoms with Crippen molar-refractivity contribution in [2.45, 2.75) is 0 Å². The maximum absolute atomic E-state index is 5.17. The molecule has 7 aromatic rings. The smallest absolute Gasteiger partial charge is 0.235 e. The Kier molecular flexibility index (Phi) is 3.43. The average Bonchev–Trinajstić information content (AvgIpc) is 3.36. The fraction of sp³-hybridized carbons (Fsp3) is 0. The van der Waals surface area contributed by atoms with Crippen molar-refractivity contribution in [3.63, 3.8) is 0 Å². The number of nitrogens with zero attached hydrogens (tertiary/aromatic N) is 7. The van der Waals surface area contributed by atoms with Crippen LogP contribution in [0.5, 0.6) is 0 Å². The number of aromatic nitrogens is 7. The van der Waals surface area contributed by atoms with Crippen LogP contribution in [-0.2, 0) is 0 Å². The summed E-state index contributed by atoms with van der Waals surface area (Å²) in [4.78, 5) is 23.2. The highest BCUT2D eigenvalue weighted by Crippen LogP contribution is 2.36. The Morgan fingerprint density at radius 2 is 0.906 bits per heavy atom. The van der Waals surface area contributed by atoms with Crippen molar-refractivity contribution in [3.05, 3.63) is 91.5 Å². The highest BCUT2D eigenvalue weighted by Gasteiger charge is 2.20. The zero-order valence-electron chi connectivity index (χ0n) is 16.8. The molecule has 0 saturated carbocycles. The number of hydrogen-bond donors (Lipinski definition) is 0. The minimum atomic E-state index is 0.587. The molecule has 32 heavy (non-hydrogen) atoms. The Hall–Kier alpha value is -4.65. The molecule has 0 aliphatic rings. The summed E-state index contributed by atoms with van der Waals surface area (Å²) in [5.41, 5.74) is 3.62. The minimum Gasteiger partial charge on any atom is -0.262 e. The number of rotatable bonds is 2. The predicted octanol–water partition coefficient (Wildman–Crippen LogP) is 4.86. The third-order valence-electron chi connectivity index (χ3n) is 5.78. The molecule has 5 heterocycles. The maximum atomic E-state index is 5.17. The van der Waals surface area contributed by atoms with Gasteiger partial charge in [-0.15, -0.1) is 0 Å². The van der Waals surface area contributed by atoms with E-state index in [-0.39, 0.29) is 0 Å². The summed E-state index contributed by atoms with van der Waals surface area (Å²) in [6.07, 6.45) is 6.99. The van der Waals surface area contributed by atoms with E-state index in [1.54, 1.807) is 24.8 Å². The Bertz CT molecular complexity index is 1640. The molecular formula is C25H15N7. The molecule has 7 heteroatoms. The number of para-hydroxylation sites is 2. The molecule has 0 aliphatic carbocycles. The average molecular weight is 413 g/mol. The first kappa shape index (κ1) is 17.1. The second-order valence-electron chi connectivity index (χ2n) is 7.53. The summed E-state index contributed by atoms with van der Waals surface area (Å²) in [7, 11) is 0. The fourth-order valence-electron chi connectivity index (χ4n) is 4.47. The molecule has 0 fully saturated rings. The highest BCUT2D eigenvalue weighted by molar-refractivity contribution is 6.16. The molecule has 5 aromatic heterocycles. The SMILES string of the molecule is c1cnc(-n2c3ccccc3c3cc4c5ccccc5n(-c5ncccn5)c4nc32)nc1. The van der Waals surface area contributed by atoms with Crippen LogP contribution in [-0.4, -0.2) is 34.1 Å². The van der Waals surface area contributed by atoms with Crippen molar-refractivity contribution in [2.24, 2.45) is 0 Å². The lowest BCUT2D eigenvalue weighted by molar-refractivity contribution is 0.960. The maximum Gasteiger partial charge on any atom is 0.235 e. The van der Waals surface area contributed by atoms with E-state index in [2.05, 4.69) is 50.3 Å². The monoisotopic (exact) mass is 413 g/mol. The van der Waals surface area contributed by atoms with E-state index >= 15 is 0 Å². The van der Waals surface area contributed by atoms with E-state index in [0.29, 0.717) is 11.9 Å². The van der Waals surface area contributed by atoms with Crippen LogP contribution >= 0.6 is 0 Å². The lowest BCUT2D eigenvalue weighted by Gasteiger charge is -2.06. The van der Waals surface area contributed by atoms with E-state index < -0.39 is 0 Å². The van der Waals surface area contributed by atoms with Crippen molar-refractivity contribution < 1.29 is 0 Å². The molecule has 0 spiro atoms. The first-order chi connectivity index (χ1) is 15.9. The second kappa shape index (κ2) is 6.42. The largest absolute Gasteiger partial charge is 0.262 e. The van der Waals surface area contributed by atoms with Gasteiger partial charge in [-0.2, -0.15) is 0 Å². The van der Waals surface area contributed by atoms with Crippen LogP contribution in [0.3, 0.4) is 0 Å². The Labute approximate surface area is 181 Å². The third kappa shape index (κ3) is 2.27. The lowest BCUT2D eigenvalue weighted by Crippen LogP contribution is -2.03.